The van der Waals surface area contributed by atoms with Crippen molar-refractivity contribution in [1.82, 2.24) is 10.6 Å². The highest BCUT2D eigenvalue weighted by atomic mass is 16.3. The fourth-order valence-electron chi connectivity index (χ4n) is 2.02. The third kappa shape index (κ3) is 4.62. The second-order valence-corrected chi connectivity index (χ2v) is 4.31. The number of hydrogen-bond acceptors (Lipinski definition) is 3. The van der Waals surface area contributed by atoms with Crippen LogP contribution in [0, 0.1) is 0 Å². The average Bonchev–Trinajstić information content (AvgIpc) is 2.61. The highest BCUT2D eigenvalue weighted by molar-refractivity contribution is 5.75. The van der Waals surface area contributed by atoms with Gasteiger partial charge in [-0.2, -0.15) is 0 Å². The van der Waals surface area contributed by atoms with Gasteiger partial charge in [-0.05, 0) is 19.8 Å². The van der Waals surface area contributed by atoms with Crippen LogP contribution >= 0.6 is 0 Å². The van der Waals surface area contributed by atoms with E-state index in [1.165, 1.54) is 0 Å². The Bertz CT molecular complexity index is 201. The first kappa shape index (κ1) is 12.5. The van der Waals surface area contributed by atoms with E-state index < -0.39 is 5.60 Å². The van der Waals surface area contributed by atoms with Crippen molar-refractivity contribution in [3.05, 3.63) is 0 Å². The third-order valence-electron chi connectivity index (χ3n) is 2.89. The molecule has 0 aromatic rings. The zero-order valence-electron chi connectivity index (χ0n) is 9.51. The first-order valence-electron chi connectivity index (χ1n) is 5.86. The van der Waals surface area contributed by atoms with Gasteiger partial charge in [-0.3, -0.25) is 4.79 Å². The van der Waals surface area contributed by atoms with Gasteiger partial charge in [-0.15, -0.1) is 0 Å². The van der Waals surface area contributed by atoms with E-state index in [2.05, 4.69) is 10.6 Å². The molecule has 0 spiro atoms. The first-order chi connectivity index (χ1) is 7.16. The van der Waals surface area contributed by atoms with Gasteiger partial charge in [0, 0.05) is 26.1 Å². The number of hydrogen-bond donors (Lipinski definition) is 3. The maximum absolute atomic E-state index is 11.1. The molecule has 0 aliphatic heterocycles. The first-order valence-corrected chi connectivity index (χ1v) is 5.86. The number of rotatable bonds is 6. The molecule has 0 aromatic carbocycles. The summed E-state index contributed by atoms with van der Waals surface area (Å²) in [6.45, 7) is 3.86. The molecular weight excluding hydrogens is 192 g/mol. The number of aliphatic hydroxyl groups is 1. The Morgan fingerprint density at radius 3 is 2.67 bits per heavy atom. The van der Waals surface area contributed by atoms with Crippen LogP contribution in [0.2, 0.25) is 0 Å². The molecule has 3 N–H and O–H groups in total. The Balaban J connectivity index is 2.03. The van der Waals surface area contributed by atoms with Crippen LogP contribution in [0.3, 0.4) is 0 Å². The van der Waals surface area contributed by atoms with Gasteiger partial charge in [0.15, 0.2) is 0 Å². The number of amides is 1. The lowest BCUT2D eigenvalue weighted by atomic mass is 10.0. The minimum atomic E-state index is -0.513. The van der Waals surface area contributed by atoms with E-state index in [4.69, 9.17) is 0 Å². The van der Waals surface area contributed by atoms with E-state index in [1.54, 1.807) is 0 Å². The van der Waals surface area contributed by atoms with E-state index in [9.17, 15) is 9.90 Å². The Labute approximate surface area is 91.4 Å². The van der Waals surface area contributed by atoms with Gasteiger partial charge < -0.3 is 15.7 Å². The van der Waals surface area contributed by atoms with Gasteiger partial charge in [0.25, 0.3) is 0 Å². The summed E-state index contributed by atoms with van der Waals surface area (Å²) in [6, 6.07) is 0. The van der Waals surface area contributed by atoms with Gasteiger partial charge in [0.2, 0.25) is 5.91 Å². The van der Waals surface area contributed by atoms with Crippen LogP contribution < -0.4 is 10.6 Å². The second-order valence-electron chi connectivity index (χ2n) is 4.31. The molecule has 1 amide bonds. The standard InChI is InChI=1S/C11H22N2O2/c1-2-13-10(14)5-8-12-9-11(15)6-3-4-7-11/h12,15H,2-9H2,1H3,(H,13,14). The Morgan fingerprint density at radius 1 is 1.40 bits per heavy atom. The summed E-state index contributed by atoms with van der Waals surface area (Å²) in [7, 11) is 0. The smallest absolute Gasteiger partial charge is 0.221 e. The summed E-state index contributed by atoms with van der Waals surface area (Å²) in [5.74, 6) is 0.0726. The molecule has 0 radical (unpaired) electrons. The Hall–Kier alpha value is -0.610. The molecule has 1 aliphatic rings. The molecule has 4 heteroatoms. The molecular formula is C11H22N2O2. The van der Waals surface area contributed by atoms with E-state index in [0.717, 1.165) is 25.7 Å². The predicted molar refractivity (Wildman–Crippen MR) is 59.6 cm³/mol. The minimum Gasteiger partial charge on any atom is -0.389 e. The lowest BCUT2D eigenvalue weighted by Crippen LogP contribution is -2.39. The fourth-order valence-corrected chi connectivity index (χ4v) is 2.02. The number of nitrogens with one attached hydrogen (secondary N) is 2. The number of carbonyl (C=O) groups excluding carboxylic acids is 1. The molecule has 0 aromatic heterocycles. The van der Waals surface area contributed by atoms with E-state index in [0.29, 0.717) is 26.1 Å². The molecule has 4 nitrogen and oxygen atoms in total. The monoisotopic (exact) mass is 214 g/mol. The molecule has 0 unspecified atom stereocenters. The lowest BCUT2D eigenvalue weighted by molar-refractivity contribution is -0.120. The highest BCUT2D eigenvalue weighted by Gasteiger charge is 2.30. The van der Waals surface area contributed by atoms with Crippen molar-refractivity contribution in [2.45, 2.75) is 44.6 Å². The van der Waals surface area contributed by atoms with Crippen molar-refractivity contribution in [2.24, 2.45) is 0 Å². The molecule has 0 saturated heterocycles. The van der Waals surface area contributed by atoms with Crippen molar-refractivity contribution < 1.29 is 9.90 Å². The van der Waals surface area contributed by atoms with E-state index >= 15 is 0 Å². The minimum absolute atomic E-state index is 0.0726. The predicted octanol–water partition coefficient (Wildman–Crippen LogP) is 0.407. The van der Waals surface area contributed by atoms with E-state index in [1.807, 2.05) is 6.92 Å². The molecule has 1 rings (SSSR count). The van der Waals surface area contributed by atoms with Crippen molar-refractivity contribution in [3.8, 4) is 0 Å². The molecule has 1 saturated carbocycles. The topological polar surface area (TPSA) is 61.4 Å². The molecule has 1 fully saturated rings. The van der Waals surface area contributed by atoms with Crippen molar-refractivity contribution >= 4 is 5.91 Å². The average molecular weight is 214 g/mol. The molecule has 0 atom stereocenters. The van der Waals surface area contributed by atoms with Gasteiger partial charge in [-0.1, -0.05) is 12.8 Å². The molecule has 0 heterocycles. The van der Waals surface area contributed by atoms with Crippen molar-refractivity contribution in [1.29, 1.82) is 0 Å². The van der Waals surface area contributed by atoms with Crippen LogP contribution in [0.25, 0.3) is 0 Å². The normalized spacial score (nSPS) is 19.1. The van der Waals surface area contributed by atoms with Crippen LogP contribution in [0.1, 0.15) is 39.0 Å². The summed E-state index contributed by atoms with van der Waals surface area (Å²) in [6.07, 6.45) is 4.51. The summed E-state index contributed by atoms with van der Waals surface area (Å²) in [5, 5.41) is 15.9. The third-order valence-corrected chi connectivity index (χ3v) is 2.89. The fraction of sp³-hybridized carbons (Fsp3) is 0.909. The summed E-state index contributed by atoms with van der Waals surface area (Å²) in [4.78, 5) is 11.1. The van der Waals surface area contributed by atoms with Gasteiger partial charge in [0.05, 0.1) is 5.60 Å². The largest absolute Gasteiger partial charge is 0.389 e. The van der Waals surface area contributed by atoms with Crippen LogP contribution in [0.4, 0.5) is 0 Å². The van der Waals surface area contributed by atoms with Crippen LogP contribution in [-0.4, -0.2) is 36.2 Å². The SMILES string of the molecule is CCNC(=O)CCNCC1(O)CCCC1. The Morgan fingerprint density at radius 2 is 2.07 bits per heavy atom. The van der Waals surface area contributed by atoms with Crippen LogP contribution in [0.5, 0.6) is 0 Å². The highest BCUT2D eigenvalue weighted by Crippen LogP contribution is 2.28. The second kappa shape index (κ2) is 6.08. The maximum atomic E-state index is 11.1. The maximum Gasteiger partial charge on any atom is 0.221 e. The summed E-state index contributed by atoms with van der Waals surface area (Å²) >= 11 is 0. The molecule has 1 aliphatic carbocycles. The van der Waals surface area contributed by atoms with Crippen LogP contribution in [0.15, 0.2) is 0 Å². The molecule has 0 bridgehead atoms. The Kier molecular flexibility index (Phi) is 5.05. The van der Waals surface area contributed by atoms with Gasteiger partial charge in [-0.25, -0.2) is 0 Å². The summed E-state index contributed by atoms with van der Waals surface area (Å²) < 4.78 is 0. The van der Waals surface area contributed by atoms with Crippen molar-refractivity contribution in [2.75, 3.05) is 19.6 Å². The summed E-state index contributed by atoms with van der Waals surface area (Å²) in [5.41, 5.74) is -0.513. The lowest BCUT2D eigenvalue weighted by Gasteiger charge is -2.22. The van der Waals surface area contributed by atoms with Crippen LogP contribution in [-0.2, 0) is 4.79 Å². The van der Waals surface area contributed by atoms with E-state index in [-0.39, 0.29) is 5.91 Å². The number of carbonyl (C=O) groups is 1. The van der Waals surface area contributed by atoms with Gasteiger partial charge in [0.1, 0.15) is 0 Å². The van der Waals surface area contributed by atoms with Gasteiger partial charge >= 0.3 is 0 Å². The zero-order chi connectivity index (χ0) is 11.1. The molecule has 88 valence electrons. The molecule has 15 heavy (non-hydrogen) atoms. The van der Waals surface area contributed by atoms with Crippen molar-refractivity contribution in [3.63, 3.8) is 0 Å². The zero-order valence-corrected chi connectivity index (χ0v) is 9.51. The quantitative estimate of drug-likeness (QED) is 0.561.